The fourth-order valence-electron chi connectivity index (χ4n) is 4.39. The second-order valence-electron chi connectivity index (χ2n) is 9.01. The molecule has 0 spiro atoms. The number of amides is 2. The predicted molar refractivity (Wildman–Crippen MR) is 134 cm³/mol. The molecule has 0 saturated carbocycles. The quantitative estimate of drug-likeness (QED) is 0.397. The average molecular weight is 535 g/mol. The SMILES string of the molecule is COc1cccc(OC2=CC(=O)N(C(CC3CCOCC3)C(=O)Nc3ccn(CC(O)CO)n3)C2)c1Cl. The van der Waals surface area contributed by atoms with E-state index in [1.54, 1.807) is 30.5 Å². The highest BCUT2D eigenvalue weighted by Crippen LogP contribution is 2.35. The molecule has 4 rings (SSSR count). The van der Waals surface area contributed by atoms with Gasteiger partial charge in [-0.15, -0.1) is 0 Å². The normalized spacial score (nSPS) is 17.9. The lowest BCUT2D eigenvalue weighted by Gasteiger charge is -2.31. The minimum atomic E-state index is -0.963. The van der Waals surface area contributed by atoms with Crippen LogP contribution in [0.4, 0.5) is 5.82 Å². The molecule has 2 unspecified atom stereocenters. The molecule has 11 nitrogen and oxygen atoms in total. The predicted octanol–water partition coefficient (Wildman–Crippen LogP) is 1.83. The van der Waals surface area contributed by atoms with E-state index in [4.69, 9.17) is 30.9 Å². The van der Waals surface area contributed by atoms with E-state index in [0.29, 0.717) is 36.9 Å². The summed E-state index contributed by atoms with van der Waals surface area (Å²) in [5, 5.41) is 26.0. The second kappa shape index (κ2) is 12.4. The van der Waals surface area contributed by atoms with Gasteiger partial charge in [-0.1, -0.05) is 17.7 Å². The molecule has 1 fully saturated rings. The van der Waals surface area contributed by atoms with Crippen LogP contribution < -0.4 is 14.8 Å². The zero-order valence-corrected chi connectivity index (χ0v) is 21.3. The van der Waals surface area contributed by atoms with E-state index in [0.717, 1.165) is 12.8 Å². The minimum Gasteiger partial charge on any atom is -0.495 e. The van der Waals surface area contributed by atoms with Crippen LogP contribution >= 0.6 is 11.6 Å². The third-order valence-corrected chi connectivity index (χ3v) is 6.73. The van der Waals surface area contributed by atoms with Gasteiger partial charge < -0.3 is 34.6 Å². The molecule has 3 heterocycles. The number of hydrogen-bond acceptors (Lipinski definition) is 8. The van der Waals surface area contributed by atoms with Crippen molar-refractivity contribution in [2.24, 2.45) is 5.92 Å². The van der Waals surface area contributed by atoms with Gasteiger partial charge in [0.25, 0.3) is 5.91 Å². The van der Waals surface area contributed by atoms with Crippen LogP contribution in [0.1, 0.15) is 19.3 Å². The number of carbonyl (C=O) groups is 2. The van der Waals surface area contributed by atoms with Crippen molar-refractivity contribution < 1.29 is 34.0 Å². The number of anilines is 1. The lowest BCUT2D eigenvalue weighted by Crippen LogP contribution is -2.47. The van der Waals surface area contributed by atoms with Gasteiger partial charge in [-0.25, -0.2) is 0 Å². The Hall–Kier alpha value is -3.12. The highest BCUT2D eigenvalue weighted by molar-refractivity contribution is 6.33. The Morgan fingerprint density at radius 3 is 2.78 bits per heavy atom. The molecule has 2 amide bonds. The standard InChI is InChI=1S/C25H31ClN4O7/c1-35-20-3-2-4-21(24(20)26)37-18-12-23(33)30(14-18)19(11-16-6-9-36-10-7-16)25(34)27-22-5-8-29(28-22)13-17(32)15-31/h2-5,8,12,16-17,19,31-32H,6-7,9-11,13-15H2,1H3,(H,27,28,34). The summed E-state index contributed by atoms with van der Waals surface area (Å²) in [5.74, 6) is 0.956. The van der Waals surface area contributed by atoms with Gasteiger partial charge in [-0.05, 0) is 37.3 Å². The maximum Gasteiger partial charge on any atom is 0.251 e. The Labute approximate surface area is 219 Å². The van der Waals surface area contributed by atoms with Crippen molar-refractivity contribution in [1.82, 2.24) is 14.7 Å². The van der Waals surface area contributed by atoms with Crippen LogP contribution in [0.3, 0.4) is 0 Å². The summed E-state index contributed by atoms with van der Waals surface area (Å²) in [6.07, 6.45) is 4.06. The van der Waals surface area contributed by atoms with Crippen LogP contribution in [0, 0.1) is 5.92 Å². The molecule has 0 aliphatic carbocycles. The number of benzene rings is 1. The average Bonchev–Trinajstić information content (AvgIpc) is 3.49. The highest BCUT2D eigenvalue weighted by Gasteiger charge is 2.36. The molecule has 12 heteroatoms. The topological polar surface area (TPSA) is 135 Å². The minimum absolute atomic E-state index is 0.0833. The fraction of sp³-hybridized carbons (Fsp3) is 0.480. The maximum absolute atomic E-state index is 13.4. The lowest BCUT2D eigenvalue weighted by molar-refractivity contribution is -0.134. The summed E-state index contributed by atoms with van der Waals surface area (Å²) in [5.41, 5.74) is 0. The first kappa shape index (κ1) is 26.9. The number of aliphatic hydroxyl groups excluding tert-OH is 2. The zero-order valence-electron chi connectivity index (χ0n) is 20.5. The van der Waals surface area contributed by atoms with Gasteiger partial charge in [0.2, 0.25) is 5.91 Å². The smallest absolute Gasteiger partial charge is 0.251 e. The summed E-state index contributed by atoms with van der Waals surface area (Å²) >= 11 is 6.34. The highest BCUT2D eigenvalue weighted by atomic mass is 35.5. The van der Waals surface area contributed by atoms with Gasteiger partial charge in [-0.3, -0.25) is 14.3 Å². The maximum atomic E-state index is 13.4. The molecule has 2 atom stereocenters. The van der Waals surface area contributed by atoms with Gasteiger partial charge in [0.1, 0.15) is 28.3 Å². The lowest BCUT2D eigenvalue weighted by atomic mass is 9.91. The van der Waals surface area contributed by atoms with Crippen molar-refractivity contribution in [3.63, 3.8) is 0 Å². The van der Waals surface area contributed by atoms with Crippen molar-refractivity contribution in [2.75, 3.05) is 38.8 Å². The second-order valence-corrected chi connectivity index (χ2v) is 9.39. The van der Waals surface area contributed by atoms with Crippen LogP contribution in [0.15, 0.2) is 42.3 Å². The molecule has 1 saturated heterocycles. The van der Waals surface area contributed by atoms with Crippen LogP contribution in [-0.4, -0.2) is 82.3 Å². The van der Waals surface area contributed by atoms with Crippen molar-refractivity contribution in [2.45, 2.75) is 38.0 Å². The Morgan fingerprint density at radius 1 is 1.30 bits per heavy atom. The first-order chi connectivity index (χ1) is 17.9. The van der Waals surface area contributed by atoms with E-state index in [9.17, 15) is 14.7 Å². The Bertz CT molecular complexity index is 1130. The molecular weight excluding hydrogens is 504 g/mol. The number of halogens is 1. The van der Waals surface area contributed by atoms with E-state index < -0.39 is 18.8 Å². The number of carbonyl (C=O) groups excluding carboxylic acids is 2. The summed E-state index contributed by atoms with van der Waals surface area (Å²) in [6, 6.07) is 5.94. The van der Waals surface area contributed by atoms with Crippen molar-refractivity contribution in [3.05, 3.63) is 47.3 Å². The van der Waals surface area contributed by atoms with E-state index in [1.807, 2.05) is 0 Å². The van der Waals surface area contributed by atoms with E-state index in [-0.39, 0.29) is 41.7 Å². The third-order valence-electron chi connectivity index (χ3n) is 6.36. The van der Waals surface area contributed by atoms with Gasteiger partial charge in [0.05, 0.1) is 32.9 Å². The van der Waals surface area contributed by atoms with Gasteiger partial charge in [0, 0.05) is 31.6 Å². The number of aliphatic hydroxyl groups is 2. The molecule has 1 aromatic heterocycles. The largest absolute Gasteiger partial charge is 0.495 e. The number of nitrogens with one attached hydrogen (secondary N) is 1. The van der Waals surface area contributed by atoms with Gasteiger partial charge >= 0.3 is 0 Å². The zero-order chi connectivity index (χ0) is 26.4. The van der Waals surface area contributed by atoms with Gasteiger partial charge in [-0.2, -0.15) is 5.10 Å². The summed E-state index contributed by atoms with van der Waals surface area (Å²) in [4.78, 5) is 27.9. The number of methoxy groups -OCH3 is 1. The summed E-state index contributed by atoms with van der Waals surface area (Å²) in [7, 11) is 1.50. The van der Waals surface area contributed by atoms with Gasteiger partial charge in [0.15, 0.2) is 5.82 Å². The van der Waals surface area contributed by atoms with Crippen molar-refractivity contribution in [3.8, 4) is 11.5 Å². The molecule has 37 heavy (non-hydrogen) atoms. The van der Waals surface area contributed by atoms with E-state index in [1.165, 1.54) is 22.8 Å². The van der Waals surface area contributed by atoms with Crippen LogP contribution in [0.2, 0.25) is 5.02 Å². The first-order valence-corrected chi connectivity index (χ1v) is 12.5. The summed E-state index contributed by atoms with van der Waals surface area (Å²) in [6.45, 7) is 1.02. The number of rotatable bonds is 11. The number of hydrogen-bond donors (Lipinski definition) is 3. The molecule has 0 radical (unpaired) electrons. The molecule has 2 aliphatic rings. The molecule has 1 aromatic carbocycles. The molecule has 200 valence electrons. The van der Waals surface area contributed by atoms with Crippen LogP contribution in [-0.2, 0) is 20.9 Å². The first-order valence-electron chi connectivity index (χ1n) is 12.1. The number of ether oxygens (including phenoxy) is 3. The number of aromatic nitrogens is 2. The Kier molecular flexibility index (Phi) is 9.04. The molecule has 2 aromatic rings. The molecule has 3 N–H and O–H groups in total. The van der Waals surface area contributed by atoms with E-state index >= 15 is 0 Å². The van der Waals surface area contributed by atoms with E-state index in [2.05, 4.69) is 10.4 Å². The van der Waals surface area contributed by atoms with Crippen LogP contribution in [0.5, 0.6) is 11.5 Å². The van der Waals surface area contributed by atoms with Crippen LogP contribution in [0.25, 0.3) is 0 Å². The molecular formula is C25H31ClN4O7. The molecule has 2 aliphatic heterocycles. The van der Waals surface area contributed by atoms with Crippen molar-refractivity contribution >= 4 is 29.2 Å². The summed E-state index contributed by atoms with van der Waals surface area (Å²) < 4.78 is 18.0. The van der Waals surface area contributed by atoms with Crippen molar-refractivity contribution in [1.29, 1.82) is 0 Å². The Morgan fingerprint density at radius 2 is 2.05 bits per heavy atom. The Balaban J connectivity index is 1.48. The number of nitrogens with zero attached hydrogens (tertiary/aromatic N) is 3. The monoisotopic (exact) mass is 534 g/mol. The molecule has 0 bridgehead atoms. The fourth-order valence-corrected chi connectivity index (χ4v) is 4.63. The third kappa shape index (κ3) is 6.80.